The maximum atomic E-state index is 8.34. The van der Waals surface area contributed by atoms with E-state index in [2.05, 4.69) is 25.7 Å². The molecule has 0 aliphatic heterocycles. The predicted octanol–water partition coefficient (Wildman–Crippen LogP) is 1.81. The average Bonchev–Trinajstić information content (AvgIpc) is 1.89. The first-order valence-corrected chi connectivity index (χ1v) is 3.87. The van der Waals surface area contributed by atoms with Gasteiger partial charge in [-0.25, -0.2) is 0 Å². The number of rotatable bonds is 3. The molecule has 0 fully saturated rings. The van der Waals surface area contributed by atoms with Crippen LogP contribution >= 0.6 is 0 Å². The van der Waals surface area contributed by atoms with Crippen molar-refractivity contribution in [3.8, 4) is 11.8 Å². The Morgan fingerprint density at radius 1 is 1.40 bits per heavy atom. The van der Waals surface area contributed by atoms with Crippen LogP contribution in [0.2, 0.25) is 0 Å². The number of hydrogen-bond donors (Lipinski definition) is 1. The topological polar surface area (TPSA) is 20.2 Å². The van der Waals surface area contributed by atoms with Crippen molar-refractivity contribution in [3.05, 3.63) is 0 Å². The summed E-state index contributed by atoms with van der Waals surface area (Å²) in [6.45, 7) is 4.37. The molecule has 0 bridgehead atoms. The van der Waals surface area contributed by atoms with Crippen LogP contribution in [0.4, 0.5) is 0 Å². The Kier molecular flexibility index (Phi) is 6.32. The van der Waals surface area contributed by atoms with Gasteiger partial charge in [-0.1, -0.05) is 32.6 Å². The molecular weight excluding hydrogens is 124 g/mol. The van der Waals surface area contributed by atoms with Gasteiger partial charge in [0.1, 0.15) is 6.61 Å². The summed E-state index contributed by atoms with van der Waals surface area (Å²) in [5.41, 5.74) is 0. The van der Waals surface area contributed by atoms with Gasteiger partial charge in [-0.3, -0.25) is 0 Å². The third-order valence-corrected chi connectivity index (χ3v) is 1.44. The van der Waals surface area contributed by atoms with Crippen molar-refractivity contribution in [1.29, 1.82) is 0 Å². The zero-order valence-electron chi connectivity index (χ0n) is 6.85. The second kappa shape index (κ2) is 6.64. The molecule has 1 heteroatoms. The van der Waals surface area contributed by atoms with Gasteiger partial charge in [-0.05, 0) is 5.92 Å². The van der Waals surface area contributed by atoms with Gasteiger partial charge in [0.05, 0.1) is 0 Å². The maximum absolute atomic E-state index is 8.34. The molecule has 0 saturated carbocycles. The van der Waals surface area contributed by atoms with Crippen LogP contribution in [0.3, 0.4) is 0 Å². The average molecular weight is 140 g/mol. The van der Waals surface area contributed by atoms with Gasteiger partial charge in [0, 0.05) is 6.42 Å². The van der Waals surface area contributed by atoms with E-state index in [4.69, 9.17) is 5.11 Å². The van der Waals surface area contributed by atoms with Crippen molar-refractivity contribution in [2.75, 3.05) is 6.61 Å². The third kappa shape index (κ3) is 5.65. The third-order valence-electron chi connectivity index (χ3n) is 1.44. The van der Waals surface area contributed by atoms with E-state index in [-0.39, 0.29) is 6.61 Å². The van der Waals surface area contributed by atoms with Crippen molar-refractivity contribution in [2.24, 2.45) is 5.92 Å². The zero-order valence-corrected chi connectivity index (χ0v) is 6.85. The van der Waals surface area contributed by atoms with E-state index in [1.807, 2.05) is 0 Å². The van der Waals surface area contributed by atoms with Gasteiger partial charge in [0.2, 0.25) is 0 Å². The van der Waals surface area contributed by atoms with E-state index in [1.165, 1.54) is 12.8 Å². The molecule has 0 aromatic rings. The minimum atomic E-state index is -0.00115. The fourth-order valence-electron chi connectivity index (χ4n) is 0.897. The summed E-state index contributed by atoms with van der Waals surface area (Å²) in [4.78, 5) is 0. The lowest BCUT2D eigenvalue weighted by atomic mass is 10.0. The highest BCUT2D eigenvalue weighted by Gasteiger charge is 1.95. The molecule has 1 unspecified atom stereocenters. The largest absolute Gasteiger partial charge is 0.384 e. The lowest BCUT2D eigenvalue weighted by Gasteiger charge is -2.02. The van der Waals surface area contributed by atoms with Gasteiger partial charge in [0.25, 0.3) is 0 Å². The highest BCUT2D eigenvalue weighted by atomic mass is 16.2. The highest BCUT2D eigenvalue weighted by molar-refractivity contribution is 4.99. The molecule has 0 aromatic carbocycles. The number of aliphatic hydroxyl groups excluding tert-OH is 1. The second-order valence-corrected chi connectivity index (χ2v) is 2.61. The van der Waals surface area contributed by atoms with Crippen LogP contribution < -0.4 is 0 Å². The van der Waals surface area contributed by atoms with Crippen LogP contribution in [0.1, 0.15) is 33.1 Å². The van der Waals surface area contributed by atoms with E-state index in [0.29, 0.717) is 5.92 Å². The smallest absolute Gasteiger partial charge is 0.104 e. The molecule has 0 rings (SSSR count). The van der Waals surface area contributed by atoms with E-state index in [1.54, 1.807) is 0 Å². The molecule has 58 valence electrons. The van der Waals surface area contributed by atoms with Gasteiger partial charge < -0.3 is 5.11 Å². The highest BCUT2D eigenvalue weighted by Crippen LogP contribution is 2.07. The first-order valence-electron chi connectivity index (χ1n) is 3.87. The lowest BCUT2D eigenvalue weighted by Crippen LogP contribution is -1.90. The van der Waals surface area contributed by atoms with Gasteiger partial charge in [-0.15, -0.1) is 5.92 Å². The summed E-state index contributed by atoms with van der Waals surface area (Å²) >= 11 is 0. The van der Waals surface area contributed by atoms with Crippen LogP contribution in [0.5, 0.6) is 0 Å². The van der Waals surface area contributed by atoms with E-state index < -0.39 is 0 Å². The molecule has 1 nitrogen and oxygen atoms in total. The molecule has 0 heterocycles. The summed E-state index contributed by atoms with van der Waals surface area (Å²) in [6.07, 6.45) is 3.39. The molecule has 0 amide bonds. The molecule has 0 spiro atoms. The molecule has 1 N–H and O–H groups in total. The zero-order chi connectivity index (χ0) is 7.82. The number of hydrogen-bond acceptors (Lipinski definition) is 1. The van der Waals surface area contributed by atoms with Crippen molar-refractivity contribution in [3.63, 3.8) is 0 Å². The standard InChI is InChI=1S/C9H16O/c1-3-6-9(2)7-4-5-8-10/h9-10H,3,6-8H2,1-2H3. The van der Waals surface area contributed by atoms with Crippen molar-refractivity contribution >= 4 is 0 Å². The summed E-state index contributed by atoms with van der Waals surface area (Å²) < 4.78 is 0. The minimum Gasteiger partial charge on any atom is -0.384 e. The first kappa shape index (κ1) is 9.52. The van der Waals surface area contributed by atoms with Gasteiger partial charge >= 0.3 is 0 Å². The molecule has 1 atom stereocenters. The summed E-state index contributed by atoms with van der Waals surface area (Å²) in [6, 6.07) is 0. The van der Waals surface area contributed by atoms with Crippen molar-refractivity contribution < 1.29 is 5.11 Å². The maximum Gasteiger partial charge on any atom is 0.104 e. The van der Waals surface area contributed by atoms with Gasteiger partial charge in [-0.2, -0.15) is 0 Å². The van der Waals surface area contributed by atoms with Crippen molar-refractivity contribution in [1.82, 2.24) is 0 Å². The Balaban J connectivity index is 3.29. The summed E-state index contributed by atoms with van der Waals surface area (Å²) in [5.74, 6) is 6.25. The first-order chi connectivity index (χ1) is 4.81. The van der Waals surface area contributed by atoms with E-state index >= 15 is 0 Å². The Hall–Kier alpha value is -0.480. The van der Waals surface area contributed by atoms with Crippen molar-refractivity contribution in [2.45, 2.75) is 33.1 Å². The Bertz CT molecular complexity index is 118. The minimum absolute atomic E-state index is 0.00115. The molecule has 10 heavy (non-hydrogen) atoms. The molecule has 0 aromatic heterocycles. The van der Waals surface area contributed by atoms with Crippen LogP contribution in [0.15, 0.2) is 0 Å². The Labute approximate surface area is 63.5 Å². The fourth-order valence-corrected chi connectivity index (χ4v) is 0.897. The SMILES string of the molecule is CCCC(C)CC#CCO. The van der Waals surface area contributed by atoms with Gasteiger partial charge in [0.15, 0.2) is 0 Å². The summed E-state index contributed by atoms with van der Waals surface area (Å²) in [7, 11) is 0. The van der Waals surface area contributed by atoms with E-state index in [0.717, 1.165) is 6.42 Å². The quantitative estimate of drug-likeness (QED) is 0.593. The fraction of sp³-hybridized carbons (Fsp3) is 0.778. The molecule has 0 aliphatic carbocycles. The normalized spacial score (nSPS) is 11.9. The molecule has 0 saturated heterocycles. The molecule has 0 aliphatic rings. The van der Waals surface area contributed by atoms with Crippen LogP contribution in [-0.4, -0.2) is 11.7 Å². The molecular formula is C9H16O. The molecule has 0 radical (unpaired) electrons. The Morgan fingerprint density at radius 3 is 2.60 bits per heavy atom. The Morgan fingerprint density at radius 2 is 2.10 bits per heavy atom. The lowest BCUT2D eigenvalue weighted by molar-refractivity contribution is 0.350. The van der Waals surface area contributed by atoms with Crippen LogP contribution in [-0.2, 0) is 0 Å². The van der Waals surface area contributed by atoms with Crippen LogP contribution in [0.25, 0.3) is 0 Å². The predicted molar refractivity (Wildman–Crippen MR) is 43.6 cm³/mol. The number of aliphatic hydroxyl groups is 1. The second-order valence-electron chi connectivity index (χ2n) is 2.61. The summed E-state index contributed by atoms with van der Waals surface area (Å²) in [5, 5.41) is 8.34. The van der Waals surface area contributed by atoms with E-state index in [9.17, 15) is 0 Å². The monoisotopic (exact) mass is 140 g/mol. The van der Waals surface area contributed by atoms with Crippen LogP contribution in [0, 0.1) is 17.8 Å².